The van der Waals surface area contributed by atoms with Crippen molar-refractivity contribution in [2.45, 2.75) is 23.6 Å². The number of aryl methyl sites for hydroxylation is 1. The minimum absolute atomic E-state index is 0.0417. The summed E-state index contributed by atoms with van der Waals surface area (Å²) in [6.45, 7) is 3.47. The number of rotatable bonds is 7. The monoisotopic (exact) mass is 531 g/mol. The molecule has 0 amide bonds. The third-order valence-electron chi connectivity index (χ3n) is 5.27. The first-order chi connectivity index (χ1) is 16.9. The molecule has 4 rings (SSSR count). The van der Waals surface area contributed by atoms with Gasteiger partial charge in [0.25, 0.3) is 15.7 Å². The topological polar surface area (TPSA) is 183 Å². The lowest BCUT2D eigenvalue weighted by Gasteiger charge is -2.08. The first kappa shape index (κ1) is 25.2. The van der Waals surface area contributed by atoms with Crippen LogP contribution >= 0.6 is 0 Å². The molecule has 0 spiro atoms. The van der Waals surface area contributed by atoms with Gasteiger partial charge in [0, 0.05) is 23.4 Å². The van der Waals surface area contributed by atoms with Gasteiger partial charge in [-0.1, -0.05) is 31.2 Å². The number of H-pyrrole nitrogens is 1. The fraction of sp³-hybridized carbons (Fsp3) is 0.136. The van der Waals surface area contributed by atoms with Crippen LogP contribution in [0.15, 0.2) is 79.4 Å². The Bertz CT molecular complexity index is 1770. The number of aromatic hydroxyl groups is 1. The predicted molar refractivity (Wildman–Crippen MR) is 132 cm³/mol. The molecule has 0 atom stereocenters. The van der Waals surface area contributed by atoms with Gasteiger partial charge < -0.3 is 5.11 Å². The summed E-state index contributed by atoms with van der Waals surface area (Å²) in [5, 5.41) is 21.5. The molecule has 0 unspecified atom stereocenters. The Morgan fingerprint density at radius 3 is 2.19 bits per heavy atom. The number of sulfonamides is 1. The number of hydrogen-bond donors (Lipinski definition) is 4. The van der Waals surface area contributed by atoms with Gasteiger partial charge in [-0.15, -0.1) is 10.2 Å². The van der Waals surface area contributed by atoms with Crippen LogP contribution in [0.5, 0.6) is 5.75 Å². The van der Waals surface area contributed by atoms with Crippen molar-refractivity contribution in [1.82, 2.24) is 14.5 Å². The molecule has 4 aromatic rings. The van der Waals surface area contributed by atoms with Gasteiger partial charge in [0.15, 0.2) is 5.69 Å². The summed E-state index contributed by atoms with van der Waals surface area (Å²) >= 11 is 0. The van der Waals surface area contributed by atoms with E-state index in [1.807, 2.05) is 0 Å². The van der Waals surface area contributed by atoms with Crippen LogP contribution in [0.2, 0.25) is 0 Å². The molecule has 0 bridgehead atoms. The van der Waals surface area contributed by atoms with Crippen LogP contribution in [0.1, 0.15) is 12.6 Å². The molecule has 3 aromatic carbocycles. The number of aromatic amines is 1. The van der Waals surface area contributed by atoms with Crippen molar-refractivity contribution in [3.63, 3.8) is 0 Å². The lowest BCUT2D eigenvalue weighted by atomic mass is 10.1. The van der Waals surface area contributed by atoms with Crippen molar-refractivity contribution in [1.29, 1.82) is 0 Å². The average Bonchev–Trinajstić information content (AvgIpc) is 3.10. The molecule has 0 saturated heterocycles. The Labute approximate surface area is 205 Å². The van der Waals surface area contributed by atoms with E-state index in [0.717, 1.165) is 10.7 Å². The van der Waals surface area contributed by atoms with Gasteiger partial charge in [0.1, 0.15) is 16.3 Å². The third-order valence-corrected chi connectivity index (χ3v) is 7.72. The fourth-order valence-electron chi connectivity index (χ4n) is 3.62. The Kier molecular flexibility index (Phi) is 6.53. The van der Waals surface area contributed by atoms with Crippen molar-refractivity contribution in [3.8, 4) is 11.4 Å². The Morgan fingerprint density at radius 2 is 1.58 bits per heavy atom. The normalized spacial score (nSPS) is 12.5. The first-order valence-corrected chi connectivity index (χ1v) is 13.4. The Balaban J connectivity index is 1.76. The second-order valence-corrected chi connectivity index (χ2v) is 10.8. The summed E-state index contributed by atoms with van der Waals surface area (Å²) in [6, 6.07) is 12.6. The molecule has 0 aliphatic carbocycles. The first-order valence-electron chi connectivity index (χ1n) is 10.5. The van der Waals surface area contributed by atoms with Crippen LogP contribution in [0.4, 0.5) is 11.4 Å². The van der Waals surface area contributed by atoms with Crippen molar-refractivity contribution in [3.05, 3.63) is 70.6 Å². The van der Waals surface area contributed by atoms with Gasteiger partial charge in [0.2, 0.25) is 10.0 Å². The number of benzene rings is 3. The smallest absolute Gasteiger partial charge is 0.299 e. The van der Waals surface area contributed by atoms with Gasteiger partial charge in [-0.25, -0.2) is 17.8 Å². The van der Waals surface area contributed by atoms with Gasteiger partial charge in [-0.2, -0.15) is 8.42 Å². The lowest BCUT2D eigenvalue weighted by molar-refractivity contribution is 0.468. The summed E-state index contributed by atoms with van der Waals surface area (Å²) in [5.41, 5.74) is -0.0710. The summed E-state index contributed by atoms with van der Waals surface area (Å²) < 4.78 is 60.8. The molecule has 0 aliphatic heterocycles. The minimum Gasteiger partial charge on any atom is -0.506 e. The maximum absolute atomic E-state index is 13.0. The summed E-state index contributed by atoms with van der Waals surface area (Å²) in [7, 11) is -8.28. The summed E-state index contributed by atoms with van der Waals surface area (Å²) in [5.74, 6) is -0.559. The zero-order chi connectivity index (χ0) is 26.3. The highest BCUT2D eigenvalue weighted by Gasteiger charge is 2.20. The molecule has 1 aromatic heterocycles. The molecule has 4 N–H and O–H groups in total. The van der Waals surface area contributed by atoms with Crippen LogP contribution in [0.25, 0.3) is 16.5 Å². The number of azo groups is 1. The van der Waals surface area contributed by atoms with Gasteiger partial charge >= 0.3 is 0 Å². The quantitative estimate of drug-likeness (QED) is 0.208. The zero-order valence-corrected chi connectivity index (χ0v) is 20.6. The van der Waals surface area contributed by atoms with E-state index in [2.05, 4.69) is 20.0 Å². The molecule has 0 saturated carbocycles. The van der Waals surface area contributed by atoms with E-state index in [-0.39, 0.29) is 33.6 Å². The highest BCUT2D eigenvalue weighted by Crippen LogP contribution is 2.39. The number of hydrogen-bond acceptors (Lipinski definition) is 8. The number of nitrogens with zero attached hydrogens (tertiary/aromatic N) is 3. The van der Waals surface area contributed by atoms with E-state index in [0.29, 0.717) is 11.4 Å². The van der Waals surface area contributed by atoms with Crippen LogP contribution in [-0.2, 0) is 20.1 Å². The third kappa shape index (κ3) is 4.66. The second-order valence-electron chi connectivity index (χ2n) is 7.68. The second kappa shape index (κ2) is 9.31. The number of phenolic OH excluding ortho intramolecular Hbond substituents is 1. The SMILES string of the molecule is CCNS(=O)(=O)c1ccc(-n2[nH]c(C)c(N=Nc3c(O)cc(S(=O)(=O)O)c4ccccc34)c2=O)cc1. The Morgan fingerprint density at radius 1 is 0.972 bits per heavy atom. The molecule has 1 heterocycles. The van der Waals surface area contributed by atoms with Gasteiger partial charge in [-0.3, -0.25) is 14.4 Å². The van der Waals surface area contributed by atoms with E-state index in [1.54, 1.807) is 26.0 Å². The van der Waals surface area contributed by atoms with Crippen molar-refractivity contribution >= 4 is 42.3 Å². The molecule has 12 nitrogen and oxygen atoms in total. The molecule has 36 heavy (non-hydrogen) atoms. The molecule has 14 heteroatoms. The van der Waals surface area contributed by atoms with Crippen LogP contribution < -0.4 is 10.3 Å². The van der Waals surface area contributed by atoms with E-state index >= 15 is 0 Å². The minimum atomic E-state index is -4.62. The lowest BCUT2D eigenvalue weighted by Crippen LogP contribution is -2.23. The van der Waals surface area contributed by atoms with Gasteiger partial charge in [0.05, 0.1) is 16.3 Å². The average molecular weight is 532 g/mol. The summed E-state index contributed by atoms with van der Waals surface area (Å²) in [6.07, 6.45) is 0. The van der Waals surface area contributed by atoms with E-state index < -0.39 is 36.3 Å². The van der Waals surface area contributed by atoms with E-state index in [4.69, 9.17) is 0 Å². The maximum Gasteiger partial charge on any atom is 0.299 e. The molecular formula is C22H21N5O7S2. The van der Waals surface area contributed by atoms with Crippen molar-refractivity contribution in [2.24, 2.45) is 10.2 Å². The molecule has 0 fully saturated rings. The largest absolute Gasteiger partial charge is 0.506 e. The van der Waals surface area contributed by atoms with Crippen LogP contribution in [0, 0.1) is 6.92 Å². The van der Waals surface area contributed by atoms with Crippen LogP contribution in [-0.4, -0.2) is 42.8 Å². The predicted octanol–water partition coefficient (Wildman–Crippen LogP) is 3.29. The number of fused-ring (bicyclic) bond motifs is 1. The number of phenols is 1. The van der Waals surface area contributed by atoms with E-state index in [1.165, 1.54) is 36.4 Å². The number of aromatic nitrogens is 2. The maximum atomic E-state index is 13.0. The van der Waals surface area contributed by atoms with Crippen LogP contribution in [0.3, 0.4) is 0 Å². The molecule has 0 radical (unpaired) electrons. The van der Waals surface area contributed by atoms with E-state index in [9.17, 15) is 31.3 Å². The fourth-order valence-corrected chi connectivity index (χ4v) is 5.37. The Hall–Kier alpha value is -3.85. The molecule has 188 valence electrons. The van der Waals surface area contributed by atoms with Gasteiger partial charge in [-0.05, 0) is 31.2 Å². The van der Waals surface area contributed by atoms with Crippen molar-refractivity contribution < 1.29 is 26.5 Å². The number of nitrogens with one attached hydrogen (secondary N) is 2. The standard InChI is InChI=1S/C22H21N5O7S2/c1-3-23-35(30,31)15-10-8-14(9-11-15)27-22(29)20(13(2)26-27)24-25-21-17-7-5-4-6-16(17)19(12-18(21)28)36(32,33)34/h4-12,23,26,28H,3H2,1-2H3,(H,32,33,34). The highest BCUT2D eigenvalue weighted by atomic mass is 32.2. The highest BCUT2D eigenvalue weighted by molar-refractivity contribution is 7.89. The molecule has 0 aliphatic rings. The van der Waals surface area contributed by atoms with Crippen molar-refractivity contribution in [2.75, 3.05) is 6.54 Å². The zero-order valence-electron chi connectivity index (χ0n) is 19.0. The molecular weight excluding hydrogens is 510 g/mol. The summed E-state index contributed by atoms with van der Waals surface area (Å²) in [4.78, 5) is 12.6.